The molecule has 2 amide bonds. The van der Waals surface area contributed by atoms with Crippen LogP contribution in [0.25, 0.3) is 0 Å². The van der Waals surface area contributed by atoms with Crippen molar-refractivity contribution in [1.82, 2.24) is 15.5 Å². The van der Waals surface area contributed by atoms with Gasteiger partial charge in [0, 0.05) is 23.4 Å². The number of nitrogens with zero attached hydrogens (tertiary/aromatic N) is 2. The predicted octanol–water partition coefficient (Wildman–Crippen LogP) is 4.58. The Balaban J connectivity index is 1.29. The lowest BCUT2D eigenvalue weighted by molar-refractivity contribution is 0.0950. The Morgan fingerprint density at radius 3 is 2.35 bits per heavy atom. The van der Waals surface area contributed by atoms with Gasteiger partial charge in [0.1, 0.15) is 24.0 Å². The van der Waals surface area contributed by atoms with Gasteiger partial charge in [-0.1, -0.05) is 29.5 Å². The molecule has 1 heterocycles. The lowest BCUT2D eigenvalue weighted by atomic mass is 10.1. The van der Waals surface area contributed by atoms with Gasteiger partial charge in [-0.05, 0) is 54.6 Å². The monoisotopic (exact) mass is 480 g/mol. The van der Waals surface area contributed by atoms with Gasteiger partial charge in [0.2, 0.25) is 5.01 Å². The topological polar surface area (TPSA) is 93.2 Å². The summed E-state index contributed by atoms with van der Waals surface area (Å²) in [6.07, 6.45) is 0. The van der Waals surface area contributed by atoms with Crippen LogP contribution in [0.15, 0.2) is 72.8 Å². The van der Waals surface area contributed by atoms with E-state index in [0.29, 0.717) is 27.6 Å². The molecule has 0 saturated carbocycles. The second kappa shape index (κ2) is 10.6. The highest BCUT2D eigenvalue weighted by Gasteiger charge is 2.14. The number of ether oxygens (including phenoxy) is 1. The van der Waals surface area contributed by atoms with Gasteiger partial charge >= 0.3 is 0 Å². The number of amides is 2. The molecular formula is C24H18F2N4O3S. The van der Waals surface area contributed by atoms with Crippen molar-refractivity contribution >= 4 is 28.8 Å². The van der Waals surface area contributed by atoms with Gasteiger partial charge in [-0.25, -0.2) is 8.78 Å². The Morgan fingerprint density at radius 2 is 1.62 bits per heavy atom. The highest BCUT2D eigenvalue weighted by Crippen LogP contribution is 2.18. The summed E-state index contributed by atoms with van der Waals surface area (Å²) in [7, 11) is 0. The van der Waals surface area contributed by atoms with Crippen LogP contribution in [-0.4, -0.2) is 22.0 Å². The molecule has 4 rings (SSSR count). The molecule has 34 heavy (non-hydrogen) atoms. The summed E-state index contributed by atoms with van der Waals surface area (Å²) in [5.41, 5.74) is 1.22. The zero-order valence-electron chi connectivity index (χ0n) is 17.6. The van der Waals surface area contributed by atoms with Gasteiger partial charge in [0.25, 0.3) is 11.8 Å². The van der Waals surface area contributed by atoms with Crippen LogP contribution in [0.1, 0.15) is 30.7 Å². The van der Waals surface area contributed by atoms with Crippen LogP contribution in [0.2, 0.25) is 0 Å². The molecule has 0 bridgehead atoms. The molecule has 0 saturated heterocycles. The van der Waals surface area contributed by atoms with Crippen molar-refractivity contribution in [2.24, 2.45) is 0 Å². The van der Waals surface area contributed by atoms with Gasteiger partial charge < -0.3 is 15.4 Å². The molecule has 10 heteroatoms. The van der Waals surface area contributed by atoms with Crippen LogP contribution in [0.4, 0.5) is 14.5 Å². The second-order valence-corrected chi connectivity index (χ2v) is 8.11. The number of hydrogen-bond donors (Lipinski definition) is 2. The van der Waals surface area contributed by atoms with Gasteiger partial charge in [-0.15, -0.1) is 10.2 Å². The number of anilines is 1. The molecule has 0 fully saturated rings. The zero-order chi connectivity index (χ0) is 23.9. The first-order valence-electron chi connectivity index (χ1n) is 10.1. The standard InChI is InChI=1S/C24H18F2N4O3S/c25-17-7-11-19(12-8-17)33-14-21-29-30-24(34-21)23(32)28-18-9-5-15(6-10-18)22(31)27-13-16-3-1-2-4-20(16)26/h1-12H,13-14H2,(H,27,31)(H,28,32). The number of aromatic nitrogens is 2. The van der Waals surface area contributed by atoms with Crippen molar-refractivity contribution in [3.8, 4) is 5.75 Å². The number of benzene rings is 3. The van der Waals surface area contributed by atoms with E-state index in [4.69, 9.17) is 4.74 Å². The maximum Gasteiger partial charge on any atom is 0.286 e. The molecule has 0 aliphatic heterocycles. The first-order chi connectivity index (χ1) is 16.5. The predicted molar refractivity (Wildman–Crippen MR) is 123 cm³/mol. The third-order valence-electron chi connectivity index (χ3n) is 4.64. The minimum atomic E-state index is -0.456. The lowest BCUT2D eigenvalue weighted by Gasteiger charge is -2.07. The van der Waals surface area contributed by atoms with Gasteiger partial charge in [-0.2, -0.15) is 0 Å². The number of rotatable bonds is 8. The SMILES string of the molecule is O=C(NCc1ccccc1F)c1ccc(NC(=O)c2nnc(COc3ccc(F)cc3)s2)cc1. The normalized spacial score (nSPS) is 10.5. The van der Waals surface area contributed by atoms with E-state index in [9.17, 15) is 18.4 Å². The Labute approximate surface area is 197 Å². The van der Waals surface area contributed by atoms with E-state index in [-0.39, 0.29) is 35.7 Å². The summed E-state index contributed by atoms with van der Waals surface area (Å²) >= 11 is 1.07. The number of carbonyl (C=O) groups is 2. The van der Waals surface area contributed by atoms with Gasteiger partial charge in [0.15, 0.2) is 5.01 Å². The van der Waals surface area contributed by atoms with Crippen molar-refractivity contribution in [3.63, 3.8) is 0 Å². The van der Waals surface area contributed by atoms with E-state index < -0.39 is 5.91 Å². The molecule has 0 spiro atoms. The summed E-state index contributed by atoms with van der Waals surface area (Å²) in [6.45, 7) is 0.154. The maximum absolute atomic E-state index is 13.7. The molecule has 0 unspecified atom stereocenters. The molecule has 4 aromatic rings. The molecule has 0 radical (unpaired) electrons. The van der Waals surface area contributed by atoms with Crippen LogP contribution in [-0.2, 0) is 13.2 Å². The fraction of sp³-hybridized carbons (Fsp3) is 0.0833. The molecule has 0 atom stereocenters. The van der Waals surface area contributed by atoms with E-state index in [1.54, 1.807) is 42.5 Å². The fourth-order valence-corrected chi connectivity index (χ4v) is 3.54. The van der Waals surface area contributed by atoms with E-state index in [0.717, 1.165) is 11.3 Å². The summed E-state index contributed by atoms with van der Waals surface area (Å²) in [6, 6.07) is 18.0. The van der Waals surface area contributed by atoms with Crippen molar-refractivity contribution in [3.05, 3.63) is 106 Å². The summed E-state index contributed by atoms with van der Waals surface area (Å²) < 4.78 is 32.1. The quantitative estimate of drug-likeness (QED) is 0.385. The molecule has 0 aliphatic carbocycles. The van der Waals surface area contributed by atoms with Gasteiger partial charge in [-0.3, -0.25) is 9.59 Å². The van der Waals surface area contributed by atoms with Crippen LogP contribution < -0.4 is 15.4 Å². The number of nitrogens with one attached hydrogen (secondary N) is 2. The molecule has 1 aromatic heterocycles. The fourth-order valence-electron chi connectivity index (χ4n) is 2.89. The van der Waals surface area contributed by atoms with Crippen molar-refractivity contribution in [2.75, 3.05) is 5.32 Å². The molecule has 0 aliphatic rings. The highest BCUT2D eigenvalue weighted by molar-refractivity contribution is 7.13. The smallest absolute Gasteiger partial charge is 0.286 e. The third kappa shape index (κ3) is 5.99. The van der Waals surface area contributed by atoms with Crippen LogP contribution in [0, 0.1) is 11.6 Å². The van der Waals surface area contributed by atoms with Crippen molar-refractivity contribution < 1.29 is 23.1 Å². The molecule has 172 valence electrons. The minimum Gasteiger partial charge on any atom is -0.486 e. The van der Waals surface area contributed by atoms with E-state index in [2.05, 4.69) is 20.8 Å². The second-order valence-electron chi connectivity index (χ2n) is 7.05. The average molecular weight is 480 g/mol. The Hall–Kier alpha value is -4.18. The van der Waals surface area contributed by atoms with E-state index in [1.807, 2.05) is 0 Å². The van der Waals surface area contributed by atoms with Crippen LogP contribution in [0.5, 0.6) is 5.75 Å². The average Bonchev–Trinajstić information content (AvgIpc) is 3.33. The van der Waals surface area contributed by atoms with Crippen LogP contribution in [0.3, 0.4) is 0 Å². The van der Waals surface area contributed by atoms with Crippen molar-refractivity contribution in [2.45, 2.75) is 13.2 Å². The summed E-state index contributed by atoms with van der Waals surface area (Å²) in [5, 5.41) is 13.8. The third-order valence-corrected chi connectivity index (χ3v) is 5.53. The minimum absolute atomic E-state index is 0.0637. The summed E-state index contributed by atoms with van der Waals surface area (Å²) in [4.78, 5) is 24.7. The van der Waals surface area contributed by atoms with E-state index >= 15 is 0 Å². The summed E-state index contributed by atoms with van der Waals surface area (Å²) in [5.74, 6) is -1.10. The zero-order valence-corrected chi connectivity index (χ0v) is 18.4. The Bertz CT molecular complexity index is 1290. The van der Waals surface area contributed by atoms with Crippen molar-refractivity contribution in [1.29, 1.82) is 0 Å². The van der Waals surface area contributed by atoms with Crippen LogP contribution >= 0.6 is 11.3 Å². The molecular weight excluding hydrogens is 462 g/mol. The number of halogens is 2. The lowest BCUT2D eigenvalue weighted by Crippen LogP contribution is -2.23. The maximum atomic E-state index is 13.7. The highest BCUT2D eigenvalue weighted by atomic mass is 32.1. The Kier molecular flexibility index (Phi) is 7.19. The molecule has 7 nitrogen and oxygen atoms in total. The first kappa shape index (κ1) is 23.0. The number of hydrogen-bond acceptors (Lipinski definition) is 6. The number of carbonyl (C=O) groups excluding carboxylic acids is 2. The van der Waals surface area contributed by atoms with E-state index in [1.165, 1.54) is 30.3 Å². The Morgan fingerprint density at radius 1 is 0.882 bits per heavy atom. The first-order valence-corrected chi connectivity index (χ1v) is 10.9. The molecule has 2 N–H and O–H groups in total. The molecule has 3 aromatic carbocycles. The largest absolute Gasteiger partial charge is 0.486 e. The van der Waals surface area contributed by atoms with Gasteiger partial charge in [0.05, 0.1) is 0 Å².